The van der Waals surface area contributed by atoms with Gasteiger partial charge in [0.05, 0.1) is 12.0 Å². The van der Waals surface area contributed by atoms with Crippen LogP contribution < -0.4 is 5.32 Å². The number of aromatic amines is 1. The second kappa shape index (κ2) is 7.48. The van der Waals surface area contributed by atoms with Gasteiger partial charge in [-0.25, -0.2) is 4.79 Å². The molecule has 0 aliphatic carbocycles. The zero-order valence-electron chi connectivity index (χ0n) is 15.6. The number of fused-ring (bicyclic) bond motifs is 2. The van der Waals surface area contributed by atoms with Crippen molar-refractivity contribution >= 4 is 44.2 Å². The molecule has 0 saturated carbocycles. The van der Waals surface area contributed by atoms with E-state index in [1.54, 1.807) is 0 Å². The Hall–Kier alpha value is -3.12. The van der Waals surface area contributed by atoms with Crippen molar-refractivity contribution in [1.82, 2.24) is 10.3 Å². The van der Waals surface area contributed by atoms with Gasteiger partial charge in [-0.2, -0.15) is 0 Å². The van der Waals surface area contributed by atoms with Crippen molar-refractivity contribution < 1.29 is 14.3 Å². The van der Waals surface area contributed by atoms with Gasteiger partial charge >= 0.3 is 5.97 Å². The fourth-order valence-electron chi connectivity index (χ4n) is 3.47. The Morgan fingerprint density at radius 1 is 1.11 bits per heavy atom. The Balaban J connectivity index is 1.62. The second-order valence-corrected chi connectivity index (χ2v) is 7.72. The number of esters is 1. The molecule has 0 unspecified atom stereocenters. The van der Waals surface area contributed by atoms with Gasteiger partial charge in [0.1, 0.15) is 6.04 Å². The lowest BCUT2D eigenvalue weighted by molar-refractivity contribution is -0.142. The SMILES string of the molecule is COC(=O)[C@@H](Cc1c[nH]c2ccccc12)NC(=O)c1sc2ccccc2c1C. The number of nitrogens with one attached hydrogen (secondary N) is 2. The highest BCUT2D eigenvalue weighted by molar-refractivity contribution is 7.21. The van der Waals surface area contributed by atoms with Crippen LogP contribution in [0.2, 0.25) is 0 Å². The summed E-state index contributed by atoms with van der Waals surface area (Å²) in [6.45, 7) is 1.93. The van der Waals surface area contributed by atoms with Gasteiger partial charge in [-0.05, 0) is 35.6 Å². The van der Waals surface area contributed by atoms with E-state index < -0.39 is 12.0 Å². The molecule has 28 heavy (non-hydrogen) atoms. The van der Waals surface area contributed by atoms with Crippen molar-refractivity contribution in [3.8, 4) is 0 Å². The van der Waals surface area contributed by atoms with E-state index >= 15 is 0 Å². The summed E-state index contributed by atoms with van der Waals surface area (Å²) in [7, 11) is 1.33. The molecule has 0 spiro atoms. The number of amides is 1. The van der Waals surface area contributed by atoms with Crippen molar-refractivity contribution in [2.45, 2.75) is 19.4 Å². The van der Waals surface area contributed by atoms with E-state index in [0.29, 0.717) is 11.3 Å². The first kappa shape index (κ1) is 18.3. The maximum atomic E-state index is 12.9. The normalized spacial score (nSPS) is 12.2. The van der Waals surface area contributed by atoms with Crippen LogP contribution in [0.15, 0.2) is 54.7 Å². The minimum atomic E-state index is -0.763. The highest BCUT2D eigenvalue weighted by Gasteiger charge is 2.25. The molecular formula is C22H20N2O3S. The molecule has 2 N–H and O–H groups in total. The quantitative estimate of drug-likeness (QED) is 0.500. The van der Waals surface area contributed by atoms with Crippen LogP contribution in [0.1, 0.15) is 20.8 Å². The maximum Gasteiger partial charge on any atom is 0.328 e. The molecule has 0 bridgehead atoms. The van der Waals surface area contributed by atoms with Crippen LogP contribution in [0.25, 0.3) is 21.0 Å². The van der Waals surface area contributed by atoms with Crippen LogP contribution in [0.3, 0.4) is 0 Å². The maximum absolute atomic E-state index is 12.9. The van der Waals surface area contributed by atoms with E-state index in [-0.39, 0.29) is 5.91 Å². The molecule has 4 rings (SSSR count). The van der Waals surface area contributed by atoms with Gasteiger partial charge in [0.25, 0.3) is 5.91 Å². The van der Waals surface area contributed by atoms with Crippen LogP contribution in [-0.4, -0.2) is 30.0 Å². The van der Waals surface area contributed by atoms with Gasteiger partial charge in [-0.3, -0.25) is 4.79 Å². The molecule has 6 heteroatoms. The van der Waals surface area contributed by atoms with Crippen LogP contribution in [0.4, 0.5) is 0 Å². The standard InChI is InChI=1S/C22H20N2O3S/c1-13-15-7-4-6-10-19(15)28-20(13)21(25)24-18(22(26)27-2)11-14-12-23-17-9-5-3-8-16(14)17/h3-10,12,18,23H,11H2,1-2H3,(H,24,25)/t18-/m1/s1. The Morgan fingerprint density at radius 3 is 2.57 bits per heavy atom. The lowest BCUT2D eigenvalue weighted by Crippen LogP contribution is -2.43. The number of carbonyl (C=O) groups excluding carboxylic acids is 2. The molecule has 0 saturated heterocycles. The summed E-state index contributed by atoms with van der Waals surface area (Å²) in [5.41, 5.74) is 2.88. The van der Waals surface area contributed by atoms with Crippen molar-refractivity contribution in [1.29, 1.82) is 0 Å². The third kappa shape index (κ3) is 3.27. The molecule has 2 aromatic heterocycles. The number of aromatic nitrogens is 1. The van der Waals surface area contributed by atoms with Crippen LogP contribution in [0.5, 0.6) is 0 Å². The zero-order valence-corrected chi connectivity index (χ0v) is 16.4. The molecule has 0 radical (unpaired) electrons. The van der Waals surface area contributed by atoms with E-state index in [2.05, 4.69) is 10.3 Å². The molecule has 142 valence electrons. The first-order chi connectivity index (χ1) is 13.6. The van der Waals surface area contributed by atoms with Gasteiger partial charge in [-0.1, -0.05) is 36.4 Å². The van der Waals surface area contributed by atoms with Crippen LogP contribution >= 0.6 is 11.3 Å². The molecule has 5 nitrogen and oxygen atoms in total. The van der Waals surface area contributed by atoms with E-state index in [1.807, 2.05) is 61.7 Å². The van der Waals surface area contributed by atoms with Crippen LogP contribution in [0, 0.1) is 6.92 Å². The summed E-state index contributed by atoms with van der Waals surface area (Å²) in [6.07, 6.45) is 2.23. The average molecular weight is 392 g/mol. The van der Waals surface area contributed by atoms with Crippen molar-refractivity contribution in [2.24, 2.45) is 0 Å². The molecule has 1 atom stereocenters. The highest BCUT2D eigenvalue weighted by Crippen LogP contribution is 2.30. The minimum Gasteiger partial charge on any atom is -0.467 e. The molecule has 2 aromatic carbocycles. The van der Waals surface area contributed by atoms with Crippen molar-refractivity contribution in [3.63, 3.8) is 0 Å². The Labute approximate surface area is 166 Å². The number of carbonyl (C=O) groups is 2. The third-order valence-electron chi connectivity index (χ3n) is 4.94. The first-order valence-corrected chi connectivity index (χ1v) is 9.82. The Kier molecular flexibility index (Phi) is 4.88. The topological polar surface area (TPSA) is 71.2 Å². The number of hydrogen-bond acceptors (Lipinski definition) is 4. The fourth-order valence-corrected chi connectivity index (χ4v) is 4.58. The van der Waals surface area contributed by atoms with Crippen molar-refractivity contribution in [2.75, 3.05) is 7.11 Å². The van der Waals surface area contributed by atoms with E-state index in [4.69, 9.17) is 4.74 Å². The number of para-hydroxylation sites is 1. The number of hydrogen-bond donors (Lipinski definition) is 2. The largest absolute Gasteiger partial charge is 0.467 e. The van der Waals surface area contributed by atoms with Gasteiger partial charge < -0.3 is 15.0 Å². The molecule has 2 heterocycles. The van der Waals surface area contributed by atoms with E-state index in [0.717, 1.165) is 32.1 Å². The monoisotopic (exact) mass is 392 g/mol. The van der Waals surface area contributed by atoms with Crippen LogP contribution in [-0.2, 0) is 16.0 Å². The molecule has 4 aromatic rings. The number of rotatable bonds is 5. The molecule has 0 aliphatic rings. The summed E-state index contributed by atoms with van der Waals surface area (Å²) in [5, 5.41) is 4.96. The smallest absolute Gasteiger partial charge is 0.328 e. The fraction of sp³-hybridized carbons (Fsp3) is 0.182. The summed E-state index contributed by atoms with van der Waals surface area (Å²) in [6, 6.07) is 15.0. The molecule has 1 amide bonds. The third-order valence-corrected chi connectivity index (χ3v) is 6.21. The number of ether oxygens (including phenoxy) is 1. The zero-order chi connectivity index (χ0) is 19.7. The van der Waals surface area contributed by atoms with E-state index in [9.17, 15) is 9.59 Å². The molecular weight excluding hydrogens is 372 g/mol. The number of H-pyrrole nitrogens is 1. The van der Waals surface area contributed by atoms with Gasteiger partial charge in [0.15, 0.2) is 0 Å². The highest BCUT2D eigenvalue weighted by atomic mass is 32.1. The van der Waals surface area contributed by atoms with Gasteiger partial charge in [-0.15, -0.1) is 11.3 Å². The predicted molar refractivity (Wildman–Crippen MR) is 112 cm³/mol. The van der Waals surface area contributed by atoms with Gasteiger partial charge in [0, 0.05) is 28.2 Å². The molecule has 0 aliphatic heterocycles. The minimum absolute atomic E-state index is 0.256. The second-order valence-electron chi connectivity index (χ2n) is 6.67. The summed E-state index contributed by atoms with van der Waals surface area (Å²) >= 11 is 1.43. The first-order valence-electron chi connectivity index (χ1n) is 9.00. The summed E-state index contributed by atoms with van der Waals surface area (Å²) < 4.78 is 5.99. The lowest BCUT2D eigenvalue weighted by Gasteiger charge is -2.16. The molecule has 0 fully saturated rings. The van der Waals surface area contributed by atoms with Gasteiger partial charge in [0.2, 0.25) is 0 Å². The van der Waals surface area contributed by atoms with E-state index in [1.165, 1.54) is 18.4 Å². The summed E-state index contributed by atoms with van der Waals surface area (Å²) in [4.78, 5) is 29.1. The van der Waals surface area contributed by atoms with Crippen molar-refractivity contribution in [3.05, 3.63) is 70.7 Å². The number of thiophene rings is 1. The summed E-state index contributed by atoms with van der Waals surface area (Å²) in [5.74, 6) is -0.716. The Bertz CT molecular complexity index is 1170. The lowest BCUT2D eigenvalue weighted by atomic mass is 10.0. The number of aryl methyl sites for hydroxylation is 1. The number of methoxy groups -OCH3 is 1. The predicted octanol–water partition coefficient (Wildman–Crippen LogP) is 4.21. The number of benzene rings is 2. The average Bonchev–Trinajstić information content (AvgIpc) is 3.28. The Morgan fingerprint density at radius 2 is 1.82 bits per heavy atom.